The van der Waals surface area contributed by atoms with Gasteiger partial charge in [0.1, 0.15) is 17.2 Å². The molecule has 33 heavy (non-hydrogen) atoms. The van der Waals surface area contributed by atoms with Gasteiger partial charge in [0.2, 0.25) is 0 Å². The minimum atomic E-state index is -0.730. The average Bonchev–Trinajstić information content (AvgIpc) is 3.33. The summed E-state index contributed by atoms with van der Waals surface area (Å²) in [6, 6.07) is 4.39. The molecule has 0 aromatic carbocycles. The van der Waals surface area contributed by atoms with E-state index in [1.54, 1.807) is 11.3 Å². The molecule has 0 spiro atoms. The first-order valence-electron chi connectivity index (χ1n) is 11.3. The molecule has 3 heterocycles. The number of carbonyl (C=O) groups is 1. The minimum Gasteiger partial charge on any atom is -0.384 e. The van der Waals surface area contributed by atoms with Crippen LogP contribution in [0.2, 0.25) is 0 Å². The molecule has 0 unspecified atom stereocenters. The molecule has 11 heteroatoms. The molecule has 3 aromatic heterocycles. The number of rotatable bonds is 8. The summed E-state index contributed by atoms with van der Waals surface area (Å²) in [4.78, 5) is 41.0. The van der Waals surface area contributed by atoms with Crippen LogP contribution < -0.4 is 17.0 Å². The lowest BCUT2D eigenvalue weighted by Crippen LogP contribution is -2.36. The zero-order chi connectivity index (χ0) is 22.9. The smallest absolute Gasteiger partial charge is 0.330 e. The van der Waals surface area contributed by atoms with Crippen LogP contribution in [0, 0.1) is 0 Å². The Morgan fingerprint density at radius 3 is 2.58 bits per heavy atom. The number of thioether (sulfide) groups is 1. The van der Waals surface area contributed by atoms with Crippen molar-refractivity contribution < 1.29 is 4.79 Å². The number of thiophene rings is 1. The number of aromatic nitrogens is 5. The van der Waals surface area contributed by atoms with Crippen molar-refractivity contribution >= 4 is 34.7 Å². The summed E-state index contributed by atoms with van der Waals surface area (Å²) in [5.41, 5.74) is 4.68. The summed E-state index contributed by atoms with van der Waals surface area (Å²) in [7, 11) is 0. The van der Waals surface area contributed by atoms with E-state index in [1.165, 1.54) is 40.5 Å². The molecule has 0 atom stereocenters. The zero-order valence-corrected chi connectivity index (χ0v) is 19.8. The molecular formula is C22H26N6O3S2. The number of ketones is 1. The SMILES string of the molecule is Nc1c(C(=O)CSc2nnc(Cc3cccs3)n2C2CCCCC2)c(=O)[nH]c(=O)n1C1CC1. The molecule has 0 radical (unpaired) electrons. The Kier molecular flexibility index (Phi) is 6.24. The monoisotopic (exact) mass is 486 g/mol. The predicted octanol–water partition coefficient (Wildman–Crippen LogP) is 3.18. The number of carbonyl (C=O) groups excluding carboxylic acids is 1. The Labute approximate surface area is 198 Å². The number of aromatic amines is 1. The first kappa shape index (κ1) is 22.1. The normalized spacial score (nSPS) is 16.8. The number of hydrogen-bond donors (Lipinski definition) is 2. The van der Waals surface area contributed by atoms with Gasteiger partial charge in [-0.15, -0.1) is 21.5 Å². The quantitative estimate of drug-likeness (QED) is 0.369. The third kappa shape index (κ3) is 4.56. The maximum atomic E-state index is 13.0. The van der Waals surface area contributed by atoms with E-state index < -0.39 is 17.0 Å². The van der Waals surface area contributed by atoms with Gasteiger partial charge in [0.15, 0.2) is 10.9 Å². The van der Waals surface area contributed by atoms with E-state index in [2.05, 4.69) is 25.8 Å². The van der Waals surface area contributed by atoms with Crippen molar-refractivity contribution in [1.82, 2.24) is 24.3 Å². The minimum absolute atomic E-state index is 0.00000575. The molecule has 2 fully saturated rings. The Morgan fingerprint density at radius 2 is 1.88 bits per heavy atom. The Morgan fingerprint density at radius 1 is 1.12 bits per heavy atom. The van der Waals surface area contributed by atoms with Crippen LogP contribution in [-0.2, 0) is 6.42 Å². The molecule has 0 bridgehead atoms. The average molecular weight is 487 g/mol. The molecule has 3 N–H and O–H groups in total. The first-order chi connectivity index (χ1) is 16.0. The summed E-state index contributed by atoms with van der Waals surface area (Å²) in [5.74, 6) is 0.453. The van der Waals surface area contributed by atoms with Gasteiger partial charge in [-0.25, -0.2) is 4.79 Å². The summed E-state index contributed by atoms with van der Waals surface area (Å²) < 4.78 is 3.53. The van der Waals surface area contributed by atoms with Crippen LogP contribution in [0.1, 0.15) is 78.1 Å². The van der Waals surface area contributed by atoms with E-state index in [1.807, 2.05) is 11.4 Å². The highest BCUT2D eigenvalue weighted by Crippen LogP contribution is 2.36. The van der Waals surface area contributed by atoms with Crippen molar-refractivity contribution in [2.75, 3.05) is 11.5 Å². The van der Waals surface area contributed by atoms with Gasteiger partial charge < -0.3 is 10.3 Å². The van der Waals surface area contributed by atoms with Gasteiger partial charge in [-0.3, -0.25) is 19.1 Å². The maximum Gasteiger partial charge on any atom is 0.330 e. The molecule has 0 aliphatic heterocycles. The van der Waals surface area contributed by atoms with Crippen LogP contribution in [0.5, 0.6) is 0 Å². The third-order valence-electron chi connectivity index (χ3n) is 6.29. The van der Waals surface area contributed by atoms with Gasteiger partial charge in [-0.2, -0.15) is 0 Å². The van der Waals surface area contributed by atoms with Crippen LogP contribution in [0.25, 0.3) is 0 Å². The van der Waals surface area contributed by atoms with Crippen molar-refractivity contribution in [3.8, 4) is 0 Å². The highest BCUT2D eigenvalue weighted by molar-refractivity contribution is 7.99. The number of nitrogens with one attached hydrogen (secondary N) is 1. The number of nitrogen functional groups attached to an aromatic ring is 1. The molecule has 5 rings (SSSR count). The third-order valence-corrected chi connectivity index (χ3v) is 8.11. The Balaban J connectivity index is 1.40. The molecule has 174 valence electrons. The molecule has 2 saturated carbocycles. The Bertz CT molecular complexity index is 1270. The van der Waals surface area contributed by atoms with Gasteiger partial charge in [-0.1, -0.05) is 37.1 Å². The molecule has 2 aliphatic carbocycles. The molecule has 0 saturated heterocycles. The number of Topliss-reactive ketones (excluding diaryl/α,β-unsaturated/α-hetero) is 1. The molecule has 0 amide bonds. The van der Waals surface area contributed by atoms with Crippen molar-refractivity contribution in [3.05, 3.63) is 54.6 Å². The largest absolute Gasteiger partial charge is 0.384 e. The van der Waals surface area contributed by atoms with E-state index in [0.29, 0.717) is 17.6 Å². The topological polar surface area (TPSA) is 129 Å². The number of H-pyrrole nitrogens is 1. The zero-order valence-electron chi connectivity index (χ0n) is 18.2. The van der Waals surface area contributed by atoms with Crippen molar-refractivity contribution in [3.63, 3.8) is 0 Å². The number of nitrogens with zero attached hydrogens (tertiary/aromatic N) is 4. The van der Waals surface area contributed by atoms with Crippen molar-refractivity contribution in [1.29, 1.82) is 0 Å². The van der Waals surface area contributed by atoms with Gasteiger partial charge in [-0.05, 0) is 37.1 Å². The van der Waals surface area contributed by atoms with Gasteiger partial charge in [0, 0.05) is 23.4 Å². The van der Waals surface area contributed by atoms with Gasteiger partial charge >= 0.3 is 5.69 Å². The highest BCUT2D eigenvalue weighted by Gasteiger charge is 2.30. The number of anilines is 1. The summed E-state index contributed by atoms with van der Waals surface area (Å²) in [6.45, 7) is 0. The fourth-order valence-corrected chi connectivity index (χ4v) is 6.13. The maximum absolute atomic E-state index is 13.0. The van der Waals surface area contributed by atoms with Crippen LogP contribution in [0.4, 0.5) is 5.82 Å². The molecular weight excluding hydrogens is 460 g/mol. The van der Waals surface area contributed by atoms with Gasteiger partial charge in [0.25, 0.3) is 5.56 Å². The highest BCUT2D eigenvalue weighted by atomic mass is 32.2. The number of hydrogen-bond acceptors (Lipinski definition) is 8. The van der Waals surface area contributed by atoms with E-state index in [-0.39, 0.29) is 23.2 Å². The summed E-state index contributed by atoms with van der Waals surface area (Å²) in [6.07, 6.45) is 8.03. The Hall–Kier alpha value is -2.66. The van der Waals surface area contributed by atoms with E-state index in [9.17, 15) is 14.4 Å². The fraction of sp³-hybridized carbons (Fsp3) is 0.500. The van der Waals surface area contributed by atoms with E-state index >= 15 is 0 Å². The molecule has 2 aliphatic rings. The fourth-order valence-electron chi connectivity index (χ4n) is 4.53. The van der Waals surface area contributed by atoms with Crippen LogP contribution in [0.3, 0.4) is 0 Å². The van der Waals surface area contributed by atoms with Crippen LogP contribution in [-0.4, -0.2) is 35.9 Å². The predicted molar refractivity (Wildman–Crippen MR) is 128 cm³/mol. The number of nitrogens with two attached hydrogens (primary N) is 1. The van der Waals surface area contributed by atoms with Crippen LogP contribution in [0.15, 0.2) is 32.3 Å². The second kappa shape index (κ2) is 9.30. The summed E-state index contributed by atoms with van der Waals surface area (Å²) >= 11 is 2.97. The van der Waals surface area contributed by atoms with Crippen LogP contribution >= 0.6 is 23.1 Å². The van der Waals surface area contributed by atoms with Crippen molar-refractivity contribution in [2.45, 2.75) is 68.6 Å². The second-order valence-electron chi connectivity index (χ2n) is 8.65. The van der Waals surface area contributed by atoms with E-state index in [0.717, 1.165) is 31.5 Å². The molecule has 9 nitrogen and oxygen atoms in total. The van der Waals surface area contributed by atoms with Crippen molar-refractivity contribution in [2.24, 2.45) is 0 Å². The van der Waals surface area contributed by atoms with Gasteiger partial charge in [0.05, 0.1) is 5.75 Å². The molecule has 3 aromatic rings. The van der Waals surface area contributed by atoms with E-state index in [4.69, 9.17) is 5.73 Å². The lowest BCUT2D eigenvalue weighted by atomic mass is 9.95. The lowest BCUT2D eigenvalue weighted by Gasteiger charge is -2.25. The summed E-state index contributed by atoms with van der Waals surface area (Å²) in [5, 5.41) is 11.6. The lowest BCUT2D eigenvalue weighted by molar-refractivity contribution is 0.102. The second-order valence-corrected chi connectivity index (χ2v) is 10.6. The standard InChI is InChI=1S/C22H26N6O3S2/c23-19-18(20(30)24-21(31)28(19)14-8-9-14)16(29)12-33-22-26-25-17(11-15-7-4-10-32-15)27(22)13-5-2-1-3-6-13/h4,7,10,13-14H,1-3,5-6,8-9,11-12,23H2,(H,24,30,31). The first-order valence-corrected chi connectivity index (χ1v) is 13.2.